The number of nitrogens with zero attached hydrogens (tertiary/aromatic N) is 4. The molecule has 2 aromatic carbocycles. The van der Waals surface area contributed by atoms with Crippen molar-refractivity contribution >= 4 is 17.6 Å². The Hall–Kier alpha value is -3.52. The van der Waals surface area contributed by atoms with Gasteiger partial charge in [-0.1, -0.05) is 31.2 Å². The Kier molecular flexibility index (Phi) is 5.44. The van der Waals surface area contributed by atoms with Crippen molar-refractivity contribution in [2.45, 2.75) is 50.0 Å². The lowest BCUT2D eigenvalue weighted by molar-refractivity contribution is 0.119. The number of carbonyl (C=O) groups is 1. The first-order valence-corrected chi connectivity index (χ1v) is 12.5. The normalized spacial score (nSPS) is 20.9. The SMILES string of the molecule is C[C@@H]1CCc2ncnc(N3CC4(CCN(C(=O)O)CC4)c4cc(C(O)c5cccc(F)c5)ccc43)c21. The van der Waals surface area contributed by atoms with Crippen molar-refractivity contribution in [3.8, 4) is 0 Å². The van der Waals surface area contributed by atoms with Crippen molar-refractivity contribution in [2.24, 2.45) is 0 Å². The number of hydrogen-bond donors (Lipinski definition) is 2. The van der Waals surface area contributed by atoms with Crippen molar-refractivity contribution in [1.82, 2.24) is 14.9 Å². The average molecular weight is 489 g/mol. The van der Waals surface area contributed by atoms with Crippen LogP contribution in [0.5, 0.6) is 0 Å². The lowest BCUT2D eigenvalue weighted by atomic mass is 9.73. The second-order valence-corrected chi connectivity index (χ2v) is 10.4. The third-order valence-corrected chi connectivity index (χ3v) is 8.32. The molecule has 186 valence electrons. The van der Waals surface area contributed by atoms with E-state index < -0.39 is 12.2 Å². The molecule has 8 heteroatoms. The maximum atomic E-state index is 13.8. The van der Waals surface area contributed by atoms with Gasteiger partial charge in [-0.3, -0.25) is 0 Å². The van der Waals surface area contributed by atoms with Crippen molar-refractivity contribution in [3.05, 3.63) is 82.6 Å². The van der Waals surface area contributed by atoms with Crippen LogP contribution in [0.1, 0.15) is 66.2 Å². The van der Waals surface area contributed by atoms with Crippen LogP contribution in [0, 0.1) is 5.82 Å². The van der Waals surface area contributed by atoms with Crippen LogP contribution in [0.3, 0.4) is 0 Å². The van der Waals surface area contributed by atoms with E-state index in [-0.39, 0.29) is 11.2 Å². The zero-order valence-corrected chi connectivity index (χ0v) is 20.2. The Bertz CT molecular complexity index is 1340. The quantitative estimate of drug-likeness (QED) is 0.545. The molecule has 0 bridgehead atoms. The summed E-state index contributed by atoms with van der Waals surface area (Å²) in [6, 6.07) is 12.0. The molecule has 7 nitrogen and oxygen atoms in total. The number of amides is 1. The van der Waals surface area contributed by atoms with Gasteiger partial charge in [0.15, 0.2) is 0 Å². The molecule has 1 spiro atoms. The molecule has 3 aliphatic rings. The van der Waals surface area contributed by atoms with E-state index in [9.17, 15) is 19.4 Å². The summed E-state index contributed by atoms with van der Waals surface area (Å²) in [5, 5.41) is 20.6. The molecule has 36 heavy (non-hydrogen) atoms. The largest absolute Gasteiger partial charge is 0.465 e. The number of piperidine rings is 1. The van der Waals surface area contributed by atoms with E-state index in [4.69, 9.17) is 4.98 Å². The van der Waals surface area contributed by atoms with Crippen LogP contribution >= 0.6 is 0 Å². The number of benzene rings is 2. The molecule has 1 aliphatic carbocycles. The zero-order chi connectivity index (χ0) is 25.0. The van der Waals surface area contributed by atoms with Gasteiger partial charge in [-0.2, -0.15) is 0 Å². The molecular formula is C28H29FN4O3. The molecule has 1 fully saturated rings. The smallest absolute Gasteiger partial charge is 0.407 e. The number of aryl methyl sites for hydroxylation is 1. The maximum Gasteiger partial charge on any atom is 0.407 e. The van der Waals surface area contributed by atoms with Crippen molar-refractivity contribution in [2.75, 3.05) is 24.5 Å². The number of aromatic nitrogens is 2. The van der Waals surface area contributed by atoms with E-state index in [1.54, 1.807) is 18.5 Å². The van der Waals surface area contributed by atoms with Gasteiger partial charge in [0, 0.05) is 42.0 Å². The standard InChI is InChI=1S/C28H29FN4O3/c1-17-5-7-22-24(17)26(31-16-30-22)33-15-28(9-11-32(12-10-28)27(35)36)21-14-19(6-8-23(21)33)25(34)18-3-2-4-20(29)13-18/h2-4,6,8,13-14,16-17,25,34H,5,7,9-12,15H2,1H3,(H,35,36)/t17-,25?/m1/s1. The summed E-state index contributed by atoms with van der Waals surface area (Å²) in [4.78, 5) is 24.6. The van der Waals surface area contributed by atoms with Crippen LogP contribution in [-0.4, -0.2) is 50.8 Å². The summed E-state index contributed by atoms with van der Waals surface area (Å²) in [5.41, 5.74) is 5.37. The van der Waals surface area contributed by atoms with E-state index in [1.165, 1.54) is 22.6 Å². The van der Waals surface area contributed by atoms with Gasteiger partial charge in [0.2, 0.25) is 0 Å². The van der Waals surface area contributed by atoms with Crippen molar-refractivity contribution < 1.29 is 19.4 Å². The first-order chi connectivity index (χ1) is 17.4. The van der Waals surface area contributed by atoms with Gasteiger partial charge in [0.25, 0.3) is 0 Å². The Morgan fingerprint density at radius 1 is 1.14 bits per heavy atom. The predicted molar refractivity (Wildman–Crippen MR) is 133 cm³/mol. The van der Waals surface area contributed by atoms with Crippen LogP contribution < -0.4 is 4.90 Å². The number of likely N-dealkylation sites (tertiary alicyclic amines) is 1. The number of anilines is 2. The highest BCUT2D eigenvalue weighted by Gasteiger charge is 2.47. The third kappa shape index (κ3) is 3.63. The lowest BCUT2D eigenvalue weighted by Gasteiger charge is -2.39. The van der Waals surface area contributed by atoms with Crippen LogP contribution in [0.2, 0.25) is 0 Å². The first-order valence-electron chi connectivity index (χ1n) is 12.5. The molecule has 3 aromatic rings. The lowest BCUT2D eigenvalue weighted by Crippen LogP contribution is -2.46. The summed E-state index contributed by atoms with van der Waals surface area (Å²) in [7, 11) is 0. The van der Waals surface area contributed by atoms with Crippen molar-refractivity contribution in [3.63, 3.8) is 0 Å². The third-order valence-electron chi connectivity index (χ3n) is 8.32. The fourth-order valence-electron chi connectivity index (χ4n) is 6.31. The Morgan fingerprint density at radius 2 is 1.92 bits per heavy atom. The van der Waals surface area contributed by atoms with E-state index >= 15 is 0 Å². The summed E-state index contributed by atoms with van der Waals surface area (Å²) < 4.78 is 13.8. The van der Waals surface area contributed by atoms with E-state index in [1.807, 2.05) is 18.2 Å². The van der Waals surface area contributed by atoms with E-state index in [2.05, 4.69) is 16.8 Å². The number of fused-ring (bicyclic) bond motifs is 3. The Balaban J connectivity index is 1.44. The molecule has 3 heterocycles. The minimum Gasteiger partial charge on any atom is -0.465 e. The summed E-state index contributed by atoms with van der Waals surface area (Å²) in [6.45, 7) is 3.83. The molecular weight excluding hydrogens is 459 g/mol. The van der Waals surface area contributed by atoms with Gasteiger partial charge in [0.1, 0.15) is 24.1 Å². The second-order valence-electron chi connectivity index (χ2n) is 10.4. The highest BCUT2D eigenvalue weighted by atomic mass is 19.1. The van der Waals surface area contributed by atoms with Gasteiger partial charge < -0.3 is 20.0 Å². The topological polar surface area (TPSA) is 89.8 Å². The predicted octanol–water partition coefficient (Wildman–Crippen LogP) is 4.91. The van der Waals surface area contributed by atoms with Crippen LogP contribution in [0.4, 0.5) is 20.7 Å². The number of carboxylic acid groups (broad SMARTS) is 1. The molecule has 2 atom stereocenters. The molecule has 0 radical (unpaired) electrons. The van der Waals surface area contributed by atoms with Crippen molar-refractivity contribution in [1.29, 1.82) is 0 Å². The Labute approximate surface area is 209 Å². The van der Waals surface area contributed by atoms with Gasteiger partial charge in [-0.25, -0.2) is 19.2 Å². The minimum atomic E-state index is -0.959. The summed E-state index contributed by atoms with van der Waals surface area (Å²) in [5.74, 6) is 0.921. The van der Waals surface area contributed by atoms with Crippen LogP contribution in [0.15, 0.2) is 48.8 Å². The molecule has 2 N–H and O–H groups in total. The van der Waals surface area contributed by atoms with Crippen LogP contribution in [0.25, 0.3) is 0 Å². The summed E-state index contributed by atoms with van der Waals surface area (Å²) in [6.07, 6.45) is 3.17. The first kappa shape index (κ1) is 22.9. The van der Waals surface area contributed by atoms with Crippen LogP contribution in [-0.2, 0) is 11.8 Å². The molecule has 0 saturated carbocycles. The summed E-state index contributed by atoms with van der Waals surface area (Å²) >= 11 is 0. The Morgan fingerprint density at radius 3 is 2.67 bits per heavy atom. The molecule has 6 rings (SSSR count). The highest BCUT2D eigenvalue weighted by Crippen LogP contribution is 2.52. The number of rotatable bonds is 3. The molecule has 1 unspecified atom stereocenters. The fourth-order valence-corrected chi connectivity index (χ4v) is 6.31. The molecule has 1 aromatic heterocycles. The highest BCUT2D eigenvalue weighted by molar-refractivity contribution is 5.74. The van der Waals surface area contributed by atoms with E-state index in [0.717, 1.165) is 35.6 Å². The maximum absolute atomic E-state index is 13.8. The number of aliphatic hydroxyl groups is 1. The fraction of sp³-hybridized carbons (Fsp3) is 0.393. The molecule has 1 saturated heterocycles. The number of halogens is 1. The van der Waals surface area contributed by atoms with Gasteiger partial charge >= 0.3 is 6.09 Å². The monoisotopic (exact) mass is 488 g/mol. The second kappa shape index (κ2) is 8.55. The van der Waals surface area contributed by atoms with Gasteiger partial charge in [0.05, 0.1) is 0 Å². The molecule has 2 aliphatic heterocycles. The zero-order valence-electron chi connectivity index (χ0n) is 20.2. The number of hydrogen-bond acceptors (Lipinski definition) is 5. The molecule has 1 amide bonds. The minimum absolute atomic E-state index is 0.265. The number of aliphatic hydroxyl groups excluding tert-OH is 1. The average Bonchev–Trinajstić information content (AvgIpc) is 3.42. The van der Waals surface area contributed by atoms with Gasteiger partial charge in [-0.15, -0.1) is 0 Å². The van der Waals surface area contributed by atoms with E-state index in [0.29, 0.717) is 49.5 Å². The van der Waals surface area contributed by atoms with Gasteiger partial charge in [-0.05, 0) is 66.5 Å².